The highest BCUT2D eigenvalue weighted by Gasteiger charge is 2.11. The van der Waals surface area contributed by atoms with Crippen molar-refractivity contribution in [2.75, 3.05) is 5.73 Å². The first-order chi connectivity index (χ1) is 9.29. The summed E-state index contributed by atoms with van der Waals surface area (Å²) in [5, 5.41) is 10.1. The molecule has 4 heteroatoms. The summed E-state index contributed by atoms with van der Waals surface area (Å²) in [6.45, 7) is 0. The average molecular weight is 246 g/mol. The molecular formula is C15H10N4. The Bertz CT molecular complexity index is 803. The smallest absolute Gasteiger partial charge is 0.221 e. The Morgan fingerprint density at radius 2 is 1.68 bits per heavy atom. The third kappa shape index (κ3) is 1.87. The lowest BCUT2D eigenvalue weighted by atomic mass is 10.0. The van der Waals surface area contributed by atoms with Gasteiger partial charge in [-0.2, -0.15) is 5.26 Å². The Balaban J connectivity index is 2.40. The quantitative estimate of drug-likeness (QED) is 0.716. The van der Waals surface area contributed by atoms with E-state index in [4.69, 9.17) is 5.73 Å². The maximum atomic E-state index is 9.20. The second-order valence-corrected chi connectivity index (χ2v) is 4.10. The van der Waals surface area contributed by atoms with E-state index in [1.807, 2.05) is 42.5 Å². The van der Waals surface area contributed by atoms with Crippen LogP contribution in [-0.2, 0) is 0 Å². The van der Waals surface area contributed by atoms with E-state index in [0.29, 0.717) is 11.3 Å². The third-order valence-electron chi connectivity index (χ3n) is 2.92. The first kappa shape index (κ1) is 11.2. The van der Waals surface area contributed by atoms with Crippen molar-refractivity contribution in [3.05, 3.63) is 54.1 Å². The number of rotatable bonds is 1. The molecule has 2 N–H and O–H groups in total. The molecule has 90 valence electrons. The molecule has 0 amide bonds. The van der Waals surface area contributed by atoms with Crippen molar-refractivity contribution in [1.29, 1.82) is 5.26 Å². The predicted molar refractivity (Wildman–Crippen MR) is 74.1 cm³/mol. The average Bonchev–Trinajstić information content (AvgIpc) is 2.46. The number of benzene rings is 2. The normalized spacial score (nSPS) is 10.3. The Morgan fingerprint density at radius 3 is 2.53 bits per heavy atom. The number of anilines is 1. The van der Waals surface area contributed by atoms with Gasteiger partial charge in [0.05, 0.1) is 22.8 Å². The Hall–Kier alpha value is -2.93. The number of fused-ring (bicyclic) bond motifs is 1. The van der Waals surface area contributed by atoms with Crippen LogP contribution in [0.1, 0.15) is 5.56 Å². The molecule has 2 aromatic carbocycles. The lowest BCUT2D eigenvalue weighted by molar-refractivity contribution is 1.24. The fraction of sp³-hybridized carbons (Fsp3) is 0. The highest BCUT2D eigenvalue weighted by atomic mass is 15.0. The van der Waals surface area contributed by atoms with Crippen LogP contribution in [0.25, 0.3) is 22.2 Å². The van der Waals surface area contributed by atoms with E-state index in [1.54, 1.807) is 6.07 Å². The van der Waals surface area contributed by atoms with Gasteiger partial charge in [-0.1, -0.05) is 36.4 Å². The molecule has 0 aliphatic rings. The molecule has 1 aromatic heterocycles. The molecule has 3 aromatic rings. The van der Waals surface area contributed by atoms with Crippen molar-refractivity contribution in [3.8, 4) is 17.3 Å². The van der Waals surface area contributed by atoms with E-state index in [-0.39, 0.29) is 5.95 Å². The summed E-state index contributed by atoms with van der Waals surface area (Å²) in [6.07, 6.45) is 0. The first-order valence-electron chi connectivity index (χ1n) is 5.81. The Morgan fingerprint density at radius 1 is 0.947 bits per heavy atom. The predicted octanol–water partition coefficient (Wildman–Crippen LogP) is 2.75. The van der Waals surface area contributed by atoms with E-state index in [0.717, 1.165) is 16.5 Å². The molecule has 0 saturated carbocycles. The summed E-state index contributed by atoms with van der Waals surface area (Å²) in [4.78, 5) is 8.50. The van der Waals surface area contributed by atoms with Crippen LogP contribution in [0.2, 0.25) is 0 Å². The zero-order chi connectivity index (χ0) is 13.2. The maximum absolute atomic E-state index is 9.20. The van der Waals surface area contributed by atoms with Crippen LogP contribution in [0.15, 0.2) is 48.5 Å². The zero-order valence-electron chi connectivity index (χ0n) is 10.0. The monoisotopic (exact) mass is 246 g/mol. The van der Waals surface area contributed by atoms with E-state index in [2.05, 4.69) is 16.0 Å². The number of hydrogen-bond donors (Lipinski definition) is 1. The summed E-state index contributed by atoms with van der Waals surface area (Å²) in [5.74, 6) is 0.210. The highest BCUT2D eigenvalue weighted by molar-refractivity contribution is 5.94. The second-order valence-electron chi connectivity index (χ2n) is 4.10. The van der Waals surface area contributed by atoms with E-state index < -0.39 is 0 Å². The van der Waals surface area contributed by atoms with Crippen molar-refractivity contribution < 1.29 is 0 Å². The lowest BCUT2D eigenvalue weighted by Crippen LogP contribution is -1.98. The summed E-state index contributed by atoms with van der Waals surface area (Å²) in [7, 11) is 0. The van der Waals surface area contributed by atoms with Crippen molar-refractivity contribution in [1.82, 2.24) is 9.97 Å². The van der Waals surface area contributed by atoms with Gasteiger partial charge in [-0.05, 0) is 12.1 Å². The molecule has 0 aliphatic heterocycles. The van der Waals surface area contributed by atoms with Crippen LogP contribution in [0.5, 0.6) is 0 Å². The molecule has 1 heterocycles. The molecule has 0 unspecified atom stereocenters. The fourth-order valence-electron chi connectivity index (χ4n) is 2.09. The van der Waals surface area contributed by atoms with E-state index >= 15 is 0 Å². The molecule has 0 saturated heterocycles. The minimum absolute atomic E-state index is 0.210. The summed E-state index contributed by atoms with van der Waals surface area (Å²) in [6, 6.07) is 17.1. The molecule has 0 aliphatic carbocycles. The van der Waals surface area contributed by atoms with Crippen molar-refractivity contribution in [2.45, 2.75) is 0 Å². The number of nitrogens with two attached hydrogens (primary N) is 1. The lowest BCUT2D eigenvalue weighted by Gasteiger charge is -2.07. The fourth-order valence-corrected chi connectivity index (χ4v) is 2.09. The minimum Gasteiger partial charge on any atom is -0.368 e. The largest absolute Gasteiger partial charge is 0.368 e. The van der Waals surface area contributed by atoms with E-state index in [1.165, 1.54) is 0 Å². The zero-order valence-corrected chi connectivity index (χ0v) is 10.0. The third-order valence-corrected chi connectivity index (χ3v) is 2.92. The molecule has 0 atom stereocenters. The standard InChI is InChI=1S/C15H10N4/c16-9-10-5-1-2-6-11(10)14-12-7-3-4-8-13(12)18-15(17)19-14/h1-8H,(H2,17,18,19). The minimum atomic E-state index is 0.210. The molecule has 0 spiro atoms. The Labute approximate surface area is 110 Å². The van der Waals surface area contributed by atoms with Crippen LogP contribution >= 0.6 is 0 Å². The number of aromatic nitrogens is 2. The van der Waals surface area contributed by atoms with Crippen LogP contribution in [0.3, 0.4) is 0 Å². The summed E-state index contributed by atoms with van der Waals surface area (Å²) in [5.41, 5.74) is 8.57. The van der Waals surface area contributed by atoms with Crippen molar-refractivity contribution in [2.24, 2.45) is 0 Å². The van der Waals surface area contributed by atoms with Gasteiger partial charge in [0, 0.05) is 10.9 Å². The molecule has 0 radical (unpaired) electrons. The van der Waals surface area contributed by atoms with Gasteiger partial charge >= 0.3 is 0 Å². The van der Waals surface area contributed by atoms with Gasteiger partial charge in [-0.25, -0.2) is 9.97 Å². The van der Waals surface area contributed by atoms with Gasteiger partial charge in [0.25, 0.3) is 0 Å². The molecule has 0 fully saturated rings. The van der Waals surface area contributed by atoms with Crippen molar-refractivity contribution in [3.63, 3.8) is 0 Å². The molecule has 19 heavy (non-hydrogen) atoms. The number of nitrogen functional groups attached to an aromatic ring is 1. The van der Waals surface area contributed by atoms with E-state index in [9.17, 15) is 5.26 Å². The van der Waals surface area contributed by atoms with Crippen molar-refractivity contribution >= 4 is 16.9 Å². The first-order valence-corrected chi connectivity index (χ1v) is 5.81. The molecule has 3 rings (SSSR count). The van der Waals surface area contributed by atoms with Gasteiger partial charge < -0.3 is 5.73 Å². The summed E-state index contributed by atoms with van der Waals surface area (Å²) >= 11 is 0. The number of nitriles is 1. The maximum Gasteiger partial charge on any atom is 0.221 e. The van der Waals surface area contributed by atoms with Gasteiger partial charge in [0.15, 0.2) is 0 Å². The second kappa shape index (κ2) is 4.39. The van der Waals surface area contributed by atoms with Gasteiger partial charge in [-0.15, -0.1) is 0 Å². The van der Waals surface area contributed by atoms with Crippen LogP contribution in [0.4, 0.5) is 5.95 Å². The van der Waals surface area contributed by atoms with Crippen LogP contribution in [0, 0.1) is 11.3 Å². The number of nitrogens with zero attached hydrogens (tertiary/aromatic N) is 3. The molecule has 0 bridgehead atoms. The van der Waals surface area contributed by atoms with Gasteiger partial charge in [0.2, 0.25) is 5.95 Å². The van der Waals surface area contributed by atoms with Gasteiger partial charge in [-0.3, -0.25) is 0 Å². The topological polar surface area (TPSA) is 75.6 Å². The van der Waals surface area contributed by atoms with Crippen LogP contribution in [-0.4, -0.2) is 9.97 Å². The number of hydrogen-bond acceptors (Lipinski definition) is 4. The molecular weight excluding hydrogens is 236 g/mol. The molecule has 4 nitrogen and oxygen atoms in total. The summed E-state index contributed by atoms with van der Waals surface area (Å²) < 4.78 is 0. The van der Waals surface area contributed by atoms with Gasteiger partial charge in [0.1, 0.15) is 0 Å². The van der Waals surface area contributed by atoms with Crippen LogP contribution < -0.4 is 5.73 Å². The highest BCUT2D eigenvalue weighted by Crippen LogP contribution is 2.28. The Kier molecular flexibility index (Phi) is 2.58. The number of para-hydroxylation sites is 1. The SMILES string of the molecule is N#Cc1ccccc1-c1nc(N)nc2ccccc12.